The highest BCUT2D eigenvalue weighted by molar-refractivity contribution is 7.20. The van der Waals surface area contributed by atoms with Crippen LogP contribution in [0, 0.1) is 6.92 Å². The summed E-state index contributed by atoms with van der Waals surface area (Å²) in [6.45, 7) is 13.4. The third-order valence-corrected chi connectivity index (χ3v) is 8.78. The maximum atomic E-state index is 13.3. The van der Waals surface area contributed by atoms with E-state index in [-0.39, 0.29) is 36.3 Å². The van der Waals surface area contributed by atoms with Gasteiger partial charge in [0, 0.05) is 46.1 Å². The Morgan fingerprint density at radius 3 is 2.48 bits per heavy atom. The van der Waals surface area contributed by atoms with Gasteiger partial charge in [0.05, 0.1) is 10.2 Å². The monoisotopic (exact) mass is 615 g/mol. The molecule has 1 aliphatic heterocycles. The number of amides is 1. The number of carboxylic acids is 1. The molecule has 4 aromatic rings. The van der Waals surface area contributed by atoms with Crippen molar-refractivity contribution in [1.29, 1.82) is 0 Å². The molecule has 11 heteroatoms. The molecule has 5 rings (SSSR count). The van der Waals surface area contributed by atoms with Gasteiger partial charge in [0.2, 0.25) is 11.8 Å². The number of aromatic hydroxyl groups is 2. The summed E-state index contributed by atoms with van der Waals surface area (Å²) in [5.74, 6) is -0.418. The van der Waals surface area contributed by atoms with E-state index in [4.69, 9.17) is 14.6 Å². The van der Waals surface area contributed by atoms with Gasteiger partial charge >= 0.3 is 5.97 Å². The molecule has 3 N–H and O–H groups in total. The third kappa shape index (κ3) is 5.83. The van der Waals surface area contributed by atoms with Crippen molar-refractivity contribution in [3.05, 3.63) is 74.6 Å². The molecule has 3 aromatic carbocycles. The summed E-state index contributed by atoms with van der Waals surface area (Å²) in [4.78, 5) is 34.6. The Morgan fingerprint density at radius 2 is 1.82 bits per heavy atom. The number of benzene rings is 3. The quantitative estimate of drug-likeness (QED) is 0.240. The van der Waals surface area contributed by atoms with Gasteiger partial charge in [0.25, 0.3) is 0 Å². The highest BCUT2D eigenvalue weighted by atomic mass is 32.1. The highest BCUT2D eigenvalue weighted by Gasteiger charge is 2.31. The van der Waals surface area contributed by atoms with E-state index in [0.717, 1.165) is 15.8 Å². The second-order valence-corrected chi connectivity index (χ2v) is 12.4. The number of carbonyl (C=O) groups excluding carboxylic acids is 1. The number of hydrogen-bond acceptors (Lipinski definition) is 9. The lowest BCUT2D eigenvalue weighted by molar-refractivity contribution is -0.138. The first-order valence-electron chi connectivity index (χ1n) is 13.8. The second kappa shape index (κ2) is 11.6. The zero-order chi connectivity index (χ0) is 31.9. The molecule has 0 aliphatic carbocycles. The lowest BCUT2D eigenvalue weighted by Crippen LogP contribution is -2.36. The fraction of sp³-hybridized carbons (Fsp3) is 0.273. The number of aliphatic imine (C=N–C) groups is 1. The van der Waals surface area contributed by atoms with Crippen molar-refractivity contribution in [2.24, 2.45) is 4.99 Å². The van der Waals surface area contributed by atoms with Gasteiger partial charge in [0.15, 0.2) is 11.0 Å². The van der Waals surface area contributed by atoms with E-state index in [0.29, 0.717) is 44.6 Å². The number of carbonyl (C=O) groups is 2. The van der Waals surface area contributed by atoms with E-state index in [1.54, 1.807) is 18.9 Å². The number of aromatic nitrogens is 1. The van der Waals surface area contributed by atoms with Crippen LogP contribution in [0.4, 0.5) is 5.69 Å². The van der Waals surface area contributed by atoms with Crippen LogP contribution in [0.1, 0.15) is 42.0 Å². The normalized spacial score (nSPS) is 14.7. The molecule has 0 bridgehead atoms. The number of phenols is 2. The largest absolute Gasteiger partial charge is 0.507 e. The van der Waals surface area contributed by atoms with Crippen molar-refractivity contribution < 1.29 is 34.4 Å². The van der Waals surface area contributed by atoms with Gasteiger partial charge in [0.1, 0.15) is 30.5 Å². The molecule has 0 spiro atoms. The van der Waals surface area contributed by atoms with Crippen LogP contribution < -0.4 is 20.1 Å². The fourth-order valence-electron chi connectivity index (χ4n) is 5.10. The first kappa shape index (κ1) is 30.6. The first-order chi connectivity index (χ1) is 20.8. The number of rotatable bonds is 9. The van der Waals surface area contributed by atoms with Gasteiger partial charge in [-0.05, 0) is 42.8 Å². The Labute approximate surface area is 257 Å². The number of nitrogens with zero attached hydrogens (tertiary/aromatic N) is 3. The summed E-state index contributed by atoms with van der Waals surface area (Å²) in [5, 5.41) is 31.5. The minimum absolute atomic E-state index is 0.00585. The molecule has 0 unspecified atom stereocenters. The smallest absolute Gasteiger partial charge is 0.332 e. The Bertz CT molecular complexity index is 1910. The molecule has 0 fully saturated rings. The molecule has 2 heterocycles. The van der Waals surface area contributed by atoms with E-state index >= 15 is 0 Å². The molecular weight excluding hydrogens is 582 g/mol. The van der Waals surface area contributed by atoms with E-state index in [1.807, 2.05) is 56.3 Å². The van der Waals surface area contributed by atoms with Gasteiger partial charge in [-0.15, -0.1) is 11.3 Å². The van der Waals surface area contributed by atoms with E-state index < -0.39 is 17.4 Å². The lowest BCUT2D eigenvalue weighted by Gasteiger charge is -2.29. The van der Waals surface area contributed by atoms with Crippen LogP contribution in [-0.4, -0.2) is 57.8 Å². The summed E-state index contributed by atoms with van der Waals surface area (Å²) in [5.41, 5.74) is 2.36. The lowest BCUT2D eigenvalue weighted by atomic mass is 9.78. The summed E-state index contributed by atoms with van der Waals surface area (Å²) in [7, 11) is 1.69. The fourth-order valence-corrected chi connectivity index (χ4v) is 6.05. The maximum absolute atomic E-state index is 13.3. The molecule has 0 radical (unpaired) electrons. The van der Waals surface area contributed by atoms with Gasteiger partial charge in [-0.25, -0.2) is 14.8 Å². The zero-order valence-electron chi connectivity index (χ0n) is 24.9. The van der Waals surface area contributed by atoms with Crippen LogP contribution in [0.2, 0.25) is 0 Å². The van der Waals surface area contributed by atoms with Crippen LogP contribution in [0.15, 0.2) is 47.5 Å². The summed E-state index contributed by atoms with van der Waals surface area (Å²) in [6, 6.07) is 12.0. The summed E-state index contributed by atoms with van der Waals surface area (Å²) in [6.07, 6.45) is 0.0633. The van der Waals surface area contributed by atoms with Gasteiger partial charge in [-0.2, -0.15) is 0 Å². The molecule has 44 heavy (non-hydrogen) atoms. The SMILES string of the molecule is C=c1c(C)c(O)c(=C)c(C(C)(C)CC(=O)N(C)c2ccc(COc3ccc4nc(C5=N[C@@H](C(=O)O)CO5)sc4c3)cc2)c1O. The number of fused-ring (bicyclic) bond motifs is 1. The predicted molar refractivity (Wildman–Crippen MR) is 170 cm³/mol. The van der Waals surface area contributed by atoms with Crippen molar-refractivity contribution in [2.75, 3.05) is 18.6 Å². The average molecular weight is 616 g/mol. The molecule has 0 saturated heterocycles. The van der Waals surface area contributed by atoms with Crippen LogP contribution in [0.25, 0.3) is 23.4 Å². The van der Waals surface area contributed by atoms with Gasteiger partial charge in [-0.1, -0.05) is 39.1 Å². The van der Waals surface area contributed by atoms with Crippen molar-refractivity contribution in [3.63, 3.8) is 0 Å². The molecular formula is C33H33N3O7S. The molecule has 1 atom stereocenters. The minimum atomic E-state index is -1.03. The number of aliphatic carboxylic acids is 1. The number of ether oxygens (including phenoxy) is 2. The molecule has 1 aliphatic rings. The van der Waals surface area contributed by atoms with Crippen LogP contribution in [-0.2, 0) is 26.3 Å². The molecule has 1 amide bonds. The van der Waals surface area contributed by atoms with Crippen molar-refractivity contribution in [2.45, 2.75) is 45.3 Å². The number of phenolic OH excluding ortho intramolecular Hbond substituents is 2. The van der Waals surface area contributed by atoms with Crippen molar-refractivity contribution in [3.8, 4) is 17.2 Å². The third-order valence-electron chi connectivity index (χ3n) is 7.77. The van der Waals surface area contributed by atoms with Gasteiger partial charge < -0.3 is 29.7 Å². The highest BCUT2D eigenvalue weighted by Crippen LogP contribution is 2.33. The Balaban J connectivity index is 1.23. The number of carboxylic acid groups (broad SMARTS) is 1. The standard InChI is InChI=1S/C33H33N3O7S/c1-17-18(2)29(39)27(19(3)28(17)38)33(4,5)14-26(37)36(6)21-9-7-20(8-10-21)15-42-22-11-12-23-25(13-22)44-31(35-23)30-34-24(16-43-30)32(40)41/h7-13,24,38-39H,2-3,14-16H2,1,4-6H3,(H,40,41)/t24-/m1/s1. The van der Waals surface area contributed by atoms with E-state index in [9.17, 15) is 19.8 Å². The topological polar surface area (TPSA) is 142 Å². The van der Waals surface area contributed by atoms with Crippen LogP contribution in [0.3, 0.4) is 0 Å². The first-order valence-corrected chi connectivity index (χ1v) is 14.6. The van der Waals surface area contributed by atoms with Crippen molar-refractivity contribution >= 4 is 58.2 Å². The zero-order valence-corrected chi connectivity index (χ0v) is 25.7. The van der Waals surface area contributed by atoms with Crippen LogP contribution in [0.5, 0.6) is 17.2 Å². The van der Waals surface area contributed by atoms with Gasteiger partial charge in [-0.3, -0.25) is 4.79 Å². The molecule has 10 nitrogen and oxygen atoms in total. The number of thiazole rings is 1. The Morgan fingerprint density at radius 1 is 1.11 bits per heavy atom. The maximum Gasteiger partial charge on any atom is 0.332 e. The van der Waals surface area contributed by atoms with Crippen molar-refractivity contribution in [1.82, 2.24) is 4.98 Å². The number of hydrogen-bond donors (Lipinski definition) is 3. The van der Waals surface area contributed by atoms with E-state index in [2.05, 4.69) is 23.1 Å². The number of anilines is 1. The summed E-state index contributed by atoms with van der Waals surface area (Å²) < 4.78 is 12.3. The average Bonchev–Trinajstić information content (AvgIpc) is 3.65. The second-order valence-electron chi connectivity index (χ2n) is 11.4. The Hall–Kier alpha value is -4.90. The molecule has 0 saturated carbocycles. The molecule has 228 valence electrons. The van der Waals surface area contributed by atoms with Crippen LogP contribution >= 0.6 is 11.3 Å². The van der Waals surface area contributed by atoms with E-state index in [1.165, 1.54) is 11.3 Å². The Kier molecular flexibility index (Phi) is 8.09. The summed E-state index contributed by atoms with van der Waals surface area (Å²) >= 11 is 1.35. The molecule has 1 aromatic heterocycles. The minimum Gasteiger partial charge on any atom is -0.507 e. The predicted octanol–water partition coefficient (Wildman–Crippen LogP) is 3.98.